The fourth-order valence-corrected chi connectivity index (χ4v) is 0. The summed E-state index contributed by atoms with van der Waals surface area (Å²) in [4.78, 5) is 0. The molecule has 0 radical (unpaired) electrons. The molecule has 0 saturated carbocycles. The Kier molecular flexibility index (Phi) is 97.2. The number of hydrogen-bond acceptors (Lipinski definition) is 4. The Balaban J connectivity index is -0.0000000369. The molecule has 0 aliphatic carbocycles. The van der Waals surface area contributed by atoms with Crippen LogP contribution in [0.2, 0.25) is 0 Å². The van der Waals surface area contributed by atoms with Crippen molar-refractivity contribution in [1.82, 2.24) is 0 Å². The Bertz CT molecular complexity index is 106. The Morgan fingerprint density at radius 1 is 0.529 bits per heavy atom. The van der Waals surface area contributed by atoms with E-state index in [0.717, 1.165) is 0 Å². The van der Waals surface area contributed by atoms with Gasteiger partial charge in [0.25, 0.3) is 0 Å². The minimum atomic E-state index is 0. The maximum Gasteiger partial charge on any atom is 4.00 e. The van der Waals surface area contributed by atoms with Gasteiger partial charge in [-0.15, -0.1) is 50.6 Å². The predicted molar refractivity (Wildman–Crippen MR) is 89.7 cm³/mol. The smallest absolute Gasteiger partial charge is 0.789 e. The van der Waals surface area contributed by atoms with Crippen molar-refractivity contribution < 1.29 is 21.1 Å². The van der Waals surface area contributed by atoms with E-state index < -0.39 is 0 Å². The van der Waals surface area contributed by atoms with E-state index in [2.05, 4.69) is 76.8 Å². The standard InChI is InChI=1S/4C3H6S.Pt/c4*1-2-3-4;/h4*2,4H,1,3H2;/q;;;;+4/p-4. The molecule has 17 heavy (non-hydrogen) atoms. The summed E-state index contributed by atoms with van der Waals surface area (Å²) in [6.45, 7) is 13.5. The summed E-state index contributed by atoms with van der Waals surface area (Å²) in [7, 11) is 0. The van der Waals surface area contributed by atoms with E-state index in [1.807, 2.05) is 0 Å². The average molecular weight is 488 g/mol. The molecule has 0 aromatic rings. The molecule has 102 valence electrons. The first kappa shape index (κ1) is 30.8. The Labute approximate surface area is 144 Å². The summed E-state index contributed by atoms with van der Waals surface area (Å²) in [6, 6.07) is 0. The molecule has 0 fully saturated rings. The fourth-order valence-electron chi connectivity index (χ4n) is 0. The van der Waals surface area contributed by atoms with Gasteiger partial charge in [-0.25, -0.2) is 0 Å². The first-order valence-electron chi connectivity index (χ1n) is 4.42. The van der Waals surface area contributed by atoms with Crippen molar-refractivity contribution in [3.63, 3.8) is 0 Å². The predicted octanol–water partition coefficient (Wildman–Crippen LogP) is 2.87. The molecule has 0 aromatic heterocycles. The minimum Gasteiger partial charge on any atom is -0.789 e. The summed E-state index contributed by atoms with van der Waals surface area (Å²) >= 11 is 17.7. The van der Waals surface area contributed by atoms with Gasteiger partial charge in [0.2, 0.25) is 0 Å². The molecule has 0 amide bonds. The van der Waals surface area contributed by atoms with Crippen LogP contribution >= 0.6 is 0 Å². The van der Waals surface area contributed by atoms with Crippen molar-refractivity contribution in [3.05, 3.63) is 50.6 Å². The van der Waals surface area contributed by atoms with Gasteiger partial charge in [0, 0.05) is 0 Å². The second-order valence-electron chi connectivity index (χ2n) is 1.82. The molecule has 0 aromatic carbocycles. The van der Waals surface area contributed by atoms with Gasteiger partial charge in [0.05, 0.1) is 0 Å². The van der Waals surface area contributed by atoms with Crippen LogP contribution in [0.5, 0.6) is 0 Å². The van der Waals surface area contributed by atoms with Crippen LogP contribution in [0, 0.1) is 0 Å². The molecule has 0 unspecified atom stereocenters. The second kappa shape index (κ2) is 53.6. The SMILES string of the molecule is C=CC[S-].C=CC[S-].C=CC[S-].C=CC[S-].[Pt+4]. The van der Waals surface area contributed by atoms with Crippen LogP contribution in [0.15, 0.2) is 50.6 Å². The quantitative estimate of drug-likeness (QED) is 0.442. The average Bonchev–Trinajstić information content (AvgIpc) is 2.39. The molecule has 0 bridgehead atoms. The van der Waals surface area contributed by atoms with Crippen LogP contribution in [0.25, 0.3) is 0 Å². The van der Waals surface area contributed by atoms with Gasteiger partial charge in [0.1, 0.15) is 0 Å². The summed E-state index contributed by atoms with van der Waals surface area (Å²) in [5.41, 5.74) is 0. The van der Waals surface area contributed by atoms with Crippen LogP contribution in [-0.2, 0) is 71.6 Å². The van der Waals surface area contributed by atoms with Crippen molar-refractivity contribution in [2.24, 2.45) is 0 Å². The van der Waals surface area contributed by atoms with Crippen LogP contribution < -0.4 is 0 Å². The Hall–Kier alpha value is 1.05. The normalized spacial score (nSPS) is 5.88. The molecule has 0 aliphatic rings. The molecular weight excluding hydrogens is 467 g/mol. The Morgan fingerprint density at radius 2 is 0.588 bits per heavy atom. The first-order chi connectivity index (χ1) is 7.66. The van der Waals surface area contributed by atoms with E-state index in [-0.39, 0.29) is 21.1 Å². The van der Waals surface area contributed by atoms with Crippen molar-refractivity contribution in [1.29, 1.82) is 0 Å². The van der Waals surface area contributed by atoms with Crippen molar-refractivity contribution in [3.8, 4) is 0 Å². The summed E-state index contributed by atoms with van der Waals surface area (Å²) in [5.74, 6) is 2.67. The van der Waals surface area contributed by atoms with Crippen LogP contribution in [0.4, 0.5) is 0 Å². The fraction of sp³-hybridized carbons (Fsp3) is 0.333. The van der Waals surface area contributed by atoms with E-state index in [1.165, 1.54) is 0 Å². The zero-order valence-corrected chi connectivity index (χ0v) is 15.5. The molecule has 0 spiro atoms. The van der Waals surface area contributed by atoms with E-state index in [0.29, 0.717) is 23.0 Å². The topological polar surface area (TPSA) is 0 Å². The first-order valence-corrected chi connectivity index (χ1v) is 6.73. The second-order valence-corrected chi connectivity index (χ2v) is 3.15. The van der Waals surface area contributed by atoms with Crippen molar-refractivity contribution in [2.45, 2.75) is 0 Å². The van der Waals surface area contributed by atoms with Crippen LogP contribution in [-0.4, -0.2) is 23.0 Å². The molecule has 0 saturated heterocycles. The van der Waals surface area contributed by atoms with E-state index in [4.69, 9.17) is 0 Å². The third-order valence-electron chi connectivity index (χ3n) is 0.471. The van der Waals surface area contributed by atoms with E-state index in [1.54, 1.807) is 24.3 Å². The molecular formula is C12H20PtS4. The maximum atomic E-state index is 4.44. The van der Waals surface area contributed by atoms with Gasteiger partial charge in [-0.1, -0.05) is 0 Å². The molecule has 0 rings (SSSR count). The molecule has 0 N–H and O–H groups in total. The molecule has 0 atom stereocenters. The minimum absolute atomic E-state index is 0. The zero-order chi connectivity index (χ0) is 13.7. The maximum absolute atomic E-state index is 4.44. The van der Waals surface area contributed by atoms with Gasteiger partial charge in [0.15, 0.2) is 0 Å². The molecule has 0 aliphatic heterocycles. The number of hydrogen-bond donors (Lipinski definition) is 0. The summed E-state index contributed by atoms with van der Waals surface area (Å²) < 4.78 is 0. The largest absolute Gasteiger partial charge is 4.00 e. The third-order valence-corrected chi connectivity index (χ3v) is 1.41. The van der Waals surface area contributed by atoms with E-state index in [9.17, 15) is 0 Å². The van der Waals surface area contributed by atoms with Gasteiger partial charge < -0.3 is 50.5 Å². The third kappa shape index (κ3) is 151. The van der Waals surface area contributed by atoms with Crippen LogP contribution in [0.1, 0.15) is 0 Å². The van der Waals surface area contributed by atoms with Gasteiger partial charge in [-0.2, -0.15) is 23.0 Å². The number of rotatable bonds is 4. The van der Waals surface area contributed by atoms with Crippen molar-refractivity contribution in [2.75, 3.05) is 23.0 Å². The van der Waals surface area contributed by atoms with E-state index >= 15 is 0 Å². The zero-order valence-electron chi connectivity index (χ0n) is 9.92. The van der Waals surface area contributed by atoms with Crippen molar-refractivity contribution >= 4 is 50.5 Å². The molecule has 5 heteroatoms. The monoisotopic (exact) mass is 487 g/mol. The molecule has 0 heterocycles. The summed E-state index contributed by atoms with van der Waals surface area (Å²) in [6.07, 6.45) is 6.76. The van der Waals surface area contributed by atoms with Gasteiger partial charge in [-0.3, -0.25) is 0 Å². The van der Waals surface area contributed by atoms with Gasteiger partial charge >= 0.3 is 21.1 Å². The van der Waals surface area contributed by atoms with Crippen LogP contribution in [0.3, 0.4) is 0 Å². The van der Waals surface area contributed by atoms with Gasteiger partial charge in [-0.05, 0) is 0 Å². The molecule has 0 nitrogen and oxygen atoms in total. The summed E-state index contributed by atoms with van der Waals surface area (Å²) in [5, 5.41) is 0. The Morgan fingerprint density at radius 3 is 0.588 bits per heavy atom.